The fourth-order valence-corrected chi connectivity index (χ4v) is 1.33. The van der Waals surface area contributed by atoms with Gasteiger partial charge in [0.25, 0.3) is 0 Å². The highest BCUT2D eigenvalue weighted by molar-refractivity contribution is 5.85. The molecule has 0 saturated heterocycles. The fraction of sp³-hybridized carbons (Fsp3) is 0.375. The molecule has 1 N–H and O–H groups in total. The van der Waals surface area contributed by atoms with E-state index in [-0.39, 0.29) is 12.4 Å². The molecule has 2 heterocycles. The van der Waals surface area contributed by atoms with Gasteiger partial charge >= 0.3 is 6.18 Å². The molecule has 0 fully saturated rings. The molecule has 1 aromatic rings. The van der Waals surface area contributed by atoms with Crippen molar-refractivity contribution in [3.05, 3.63) is 23.4 Å². The average molecular weight is 225 g/mol. The van der Waals surface area contributed by atoms with Gasteiger partial charge in [-0.3, -0.25) is 0 Å². The molecule has 0 aliphatic carbocycles. The van der Waals surface area contributed by atoms with Crippen molar-refractivity contribution in [1.82, 2.24) is 4.98 Å². The maximum Gasteiger partial charge on any atom is 0.417 e. The smallest absolute Gasteiger partial charge is 0.370 e. The molecule has 78 valence electrons. The van der Waals surface area contributed by atoms with Crippen molar-refractivity contribution in [3.63, 3.8) is 0 Å². The summed E-state index contributed by atoms with van der Waals surface area (Å²) < 4.78 is 36.6. The van der Waals surface area contributed by atoms with E-state index < -0.39 is 11.7 Å². The van der Waals surface area contributed by atoms with E-state index in [0.717, 1.165) is 12.3 Å². The number of nitrogens with one attached hydrogen (secondary N) is 1. The van der Waals surface area contributed by atoms with Gasteiger partial charge in [0, 0.05) is 12.7 Å². The van der Waals surface area contributed by atoms with Gasteiger partial charge in [0.2, 0.25) is 0 Å². The Morgan fingerprint density at radius 2 is 2.07 bits per heavy atom. The van der Waals surface area contributed by atoms with Gasteiger partial charge in [-0.05, 0) is 18.1 Å². The predicted octanol–water partition coefficient (Wildman–Crippen LogP) is 2.49. The van der Waals surface area contributed by atoms with Gasteiger partial charge < -0.3 is 5.32 Å². The Morgan fingerprint density at radius 3 is 2.71 bits per heavy atom. The summed E-state index contributed by atoms with van der Waals surface area (Å²) in [6.07, 6.45) is -2.81. The third-order valence-electron chi connectivity index (χ3n) is 1.98. The summed E-state index contributed by atoms with van der Waals surface area (Å²) in [6.45, 7) is 0.670. The first kappa shape index (κ1) is 11.1. The van der Waals surface area contributed by atoms with Crippen LogP contribution in [0, 0.1) is 0 Å². The zero-order valence-corrected chi connectivity index (χ0v) is 7.87. The van der Waals surface area contributed by atoms with Crippen LogP contribution >= 0.6 is 12.4 Å². The number of rotatable bonds is 0. The molecule has 0 amide bonds. The first-order chi connectivity index (χ1) is 6.07. The number of halogens is 4. The molecule has 14 heavy (non-hydrogen) atoms. The number of alkyl halides is 3. The van der Waals surface area contributed by atoms with Crippen LogP contribution < -0.4 is 5.32 Å². The molecule has 0 spiro atoms. The lowest BCUT2D eigenvalue weighted by Crippen LogP contribution is -2.06. The molecule has 1 aliphatic heterocycles. The van der Waals surface area contributed by atoms with Crippen molar-refractivity contribution in [3.8, 4) is 0 Å². The Labute approximate surface area is 84.9 Å². The Morgan fingerprint density at radius 1 is 1.36 bits per heavy atom. The van der Waals surface area contributed by atoms with Crippen molar-refractivity contribution in [2.45, 2.75) is 12.6 Å². The first-order valence-electron chi connectivity index (χ1n) is 3.87. The number of anilines is 1. The highest BCUT2D eigenvalue weighted by atomic mass is 35.5. The number of aromatic nitrogens is 1. The maximum absolute atomic E-state index is 12.2. The summed E-state index contributed by atoms with van der Waals surface area (Å²) in [5.74, 6) is 0.577. The SMILES string of the molecule is Cl.FC(F)(F)c1cnc2c(c1)CCN2. The fourth-order valence-electron chi connectivity index (χ4n) is 1.33. The van der Waals surface area contributed by atoms with Gasteiger partial charge in [0.15, 0.2) is 0 Å². The summed E-state index contributed by atoms with van der Waals surface area (Å²) in [5, 5.41) is 2.90. The lowest BCUT2D eigenvalue weighted by Gasteiger charge is -2.07. The second-order valence-electron chi connectivity index (χ2n) is 2.91. The van der Waals surface area contributed by atoms with Gasteiger partial charge in [-0.25, -0.2) is 4.98 Å². The summed E-state index contributed by atoms with van der Waals surface area (Å²) in [6, 6.07) is 1.16. The van der Waals surface area contributed by atoms with Crippen LogP contribution in [0.1, 0.15) is 11.1 Å². The maximum atomic E-state index is 12.2. The quantitative estimate of drug-likeness (QED) is 0.732. The van der Waals surface area contributed by atoms with Gasteiger partial charge in [-0.1, -0.05) is 0 Å². The molecule has 1 aliphatic rings. The monoisotopic (exact) mass is 224 g/mol. The van der Waals surface area contributed by atoms with Crippen LogP contribution in [-0.4, -0.2) is 11.5 Å². The minimum Gasteiger partial charge on any atom is -0.370 e. The van der Waals surface area contributed by atoms with Gasteiger partial charge in [0.05, 0.1) is 5.56 Å². The van der Waals surface area contributed by atoms with Crippen LogP contribution in [0.2, 0.25) is 0 Å². The van der Waals surface area contributed by atoms with Crippen molar-refractivity contribution < 1.29 is 13.2 Å². The van der Waals surface area contributed by atoms with E-state index in [0.29, 0.717) is 24.3 Å². The minimum absolute atomic E-state index is 0. The Hall–Kier alpha value is -0.970. The highest BCUT2D eigenvalue weighted by Gasteiger charge is 2.32. The second-order valence-corrected chi connectivity index (χ2v) is 2.91. The van der Waals surface area contributed by atoms with E-state index in [1.165, 1.54) is 0 Å². The van der Waals surface area contributed by atoms with E-state index in [4.69, 9.17) is 0 Å². The molecule has 6 heteroatoms. The van der Waals surface area contributed by atoms with Gasteiger partial charge in [0.1, 0.15) is 5.82 Å². The van der Waals surface area contributed by atoms with E-state index in [9.17, 15) is 13.2 Å². The van der Waals surface area contributed by atoms with Gasteiger partial charge in [-0.2, -0.15) is 13.2 Å². The molecular formula is C8H8ClF3N2. The first-order valence-corrected chi connectivity index (χ1v) is 3.87. The average Bonchev–Trinajstić information content (AvgIpc) is 2.47. The molecule has 0 atom stereocenters. The lowest BCUT2D eigenvalue weighted by molar-refractivity contribution is -0.137. The van der Waals surface area contributed by atoms with Crippen molar-refractivity contribution >= 4 is 18.2 Å². The molecule has 0 aromatic carbocycles. The van der Waals surface area contributed by atoms with Crippen LogP contribution in [0.25, 0.3) is 0 Å². The molecule has 0 saturated carbocycles. The molecule has 2 rings (SSSR count). The number of hydrogen-bond acceptors (Lipinski definition) is 2. The molecule has 0 unspecified atom stereocenters. The minimum atomic E-state index is -4.29. The van der Waals surface area contributed by atoms with Crippen LogP contribution in [0.5, 0.6) is 0 Å². The lowest BCUT2D eigenvalue weighted by atomic mass is 10.1. The molecule has 2 nitrogen and oxygen atoms in total. The number of fused-ring (bicyclic) bond motifs is 1. The van der Waals surface area contributed by atoms with Gasteiger partial charge in [-0.15, -0.1) is 12.4 Å². The highest BCUT2D eigenvalue weighted by Crippen LogP contribution is 2.31. The summed E-state index contributed by atoms with van der Waals surface area (Å²) in [7, 11) is 0. The topological polar surface area (TPSA) is 24.9 Å². The van der Waals surface area contributed by atoms with E-state index >= 15 is 0 Å². The number of nitrogens with zero attached hydrogens (tertiary/aromatic N) is 1. The van der Waals surface area contributed by atoms with Crippen molar-refractivity contribution in [2.75, 3.05) is 11.9 Å². The van der Waals surface area contributed by atoms with E-state index in [1.807, 2.05) is 0 Å². The molecular weight excluding hydrogens is 217 g/mol. The summed E-state index contributed by atoms with van der Waals surface area (Å²) in [5.41, 5.74) is -0.0234. The van der Waals surface area contributed by atoms with Crippen LogP contribution in [0.15, 0.2) is 12.3 Å². The van der Waals surface area contributed by atoms with Crippen molar-refractivity contribution in [2.24, 2.45) is 0 Å². The van der Waals surface area contributed by atoms with E-state index in [1.54, 1.807) is 0 Å². The molecule has 0 bridgehead atoms. The standard InChI is InChI=1S/C8H7F3N2.ClH/c9-8(10,11)6-3-5-1-2-12-7(5)13-4-6;/h3-4H,1-2H2,(H,12,13);1H. The largest absolute Gasteiger partial charge is 0.417 e. The second kappa shape index (κ2) is 3.65. The molecule has 0 radical (unpaired) electrons. The normalized spacial score (nSPS) is 14.2. The van der Waals surface area contributed by atoms with Crippen molar-refractivity contribution in [1.29, 1.82) is 0 Å². The number of pyridine rings is 1. The number of hydrogen-bond donors (Lipinski definition) is 1. The Balaban J connectivity index is 0.000000980. The summed E-state index contributed by atoms with van der Waals surface area (Å²) >= 11 is 0. The van der Waals surface area contributed by atoms with Crippen LogP contribution in [0.3, 0.4) is 0 Å². The predicted molar refractivity (Wildman–Crippen MR) is 48.7 cm³/mol. The third kappa shape index (κ3) is 1.92. The third-order valence-corrected chi connectivity index (χ3v) is 1.98. The Bertz CT molecular complexity index is 338. The zero-order chi connectivity index (χ0) is 9.47. The Kier molecular flexibility index (Phi) is 2.89. The van der Waals surface area contributed by atoms with Crippen LogP contribution in [-0.2, 0) is 12.6 Å². The summed E-state index contributed by atoms with van der Waals surface area (Å²) in [4.78, 5) is 3.69. The van der Waals surface area contributed by atoms with Crippen LogP contribution in [0.4, 0.5) is 19.0 Å². The van der Waals surface area contributed by atoms with E-state index in [2.05, 4.69) is 10.3 Å². The zero-order valence-electron chi connectivity index (χ0n) is 7.06. The molecule has 1 aromatic heterocycles.